The lowest BCUT2D eigenvalue weighted by molar-refractivity contribution is 0.625. The zero-order valence-corrected chi connectivity index (χ0v) is 10.8. The SMILES string of the molecule is NC(c1ccc(F)cc1)c1ccnn1-c1ccccc1. The first-order chi connectivity index (χ1) is 9.75. The van der Waals surface area contributed by atoms with Crippen molar-refractivity contribution in [3.63, 3.8) is 0 Å². The van der Waals surface area contributed by atoms with Gasteiger partial charge in [0.1, 0.15) is 5.82 Å². The van der Waals surface area contributed by atoms with Gasteiger partial charge in [0.2, 0.25) is 0 Å². The first kappa shape index (κ1) is 12.6. The molecule has 1 heterocycles. The number of halogens is 1. The Morgan fingerprint density at radius 2 is 1.65 bits per heavy atom. The molecule has 0 radical (unpaired) electrons. The summed E-state index contributed by atoms with van der Waals surface area (Å²) in [6.45, 7) is 0. The van der Waals surface area contributed by atoms with Crippen LogP contribution in [0.2, 0.25) is 0 Å². The van der Waals surface area contributed by atoms with Crippen molar-refractivity contribution in [2.75, 3.05) is 0 Å². The maximum atomic E-state index is 13.0. The summed E-state index contributed by atoms with van der Waals surface area (Å²) in [5, 5.41) is 4.31. The second-order valence-electron chi connectivity index (χ2n) is 4.53. The molecule has 3 nitrogen and oxygen atoms in total. The molecular weight excluding hydrogens is 253 g/mol. The summed E-state index contributed by atoms with van der Waals surface area (Å²) >= 11 is 0. The summed E-state index contributed by atoms with van der Waals surface area (Å²) in [6, 6.07) is 17.5. The van der Waals surface area contributed by atoms with Gasteiger partial charge in [-0.1, -0.05) is 30.3 Å². The molecule has 4 heteroatoms. The third kappa shape index (κ3) is 2.33. The van der Waals surface area contributed by atoms with Gasteiger partial charge in [0.25, 0.3) is 0 Å². The van der Waals surface area contributed by atoms with Crippen molar-refractivity contribution in [1.29, 1.82) is 0 Å². The second kappa shape index (κ2) is 5.27. The molecule has 3 aromatic rings. The quantitative estimate of drug-likeness (QED) is 0.792. The van der Waals surface area contributed by atoms with E-state index >= 15 is 0 Å². The summed E-state index contributed by atoms with van der Waals surface area (Å²) in [7, 11) is 0. The van der Waals surface area contributed by atoms with Gasteiger partial charge in [-0.15, -0.1) is 0 Å². The fraction of sp³-hybridized carbons (Fsp3) is 0.0625. The number of para-hydroxylation sites is 1. The van der Waals surface area contributed by atoms with Crippen molar-refractivity contribution in [3.05, 3.63) is 83.9 Å². The molecule has 0 spiro atoms. The highest BCUT2D eigenvalue weighted by atomic mass is 19.1. The molecule has 0 saturated heterocycles. The lowest BCUT2D eigenvalue weighted by atomic mass is 10.0. The van der Waals surface area contributed by atoms with Crippen LogP contribution >= 0.6 is 0 Å². The van der Waals surface area contributed by atoms with Crippen molar-refractivity contribution in [3.8, 4) is 5.69 Å². The fourth-order valence-electron chi connectivity index (χ4n) is 2.17. The first-order valence-corrected chi connectivity index (χ1v) is 6.36. The normalized spacial score (nSPS) is 12.3. The van der Waals surface area contributed by atoms with Crippen molar-refractivity contribution < 1.29 is 4.39 Å². The van der Waals surface area contributed by atoms with Gasteiger partial charge in [-0.05, 0) is 35.9 Å². The minimum Gasteiger partial charge on any atom is -0.319 e. The smallest absolute Gasteiger partial charge is 0.123 e. The highest BCUT2D eigenvalue weighted by Gasteiger charge is 2.14. The van der Waals surface area contributed by atoms with Crippen molar-refractivity contribution in [1.82, 2.24) is 9.78 Å². The van der Waals surface area contributed by atoms with E-state index in [9.17, 15) is 4.39 Å². The number of hydrogen-bond donors (Lipinski definition) is 1. The zero-order chi connectivity index (χ0) is 13.9. The summed E-state index contributed by atoms with van der Waals surface area (Å²) in [6.07, 6.45) is 1.71. The Labute approximate surface area is 116 Å². The predicted molar refractivity (Wildman–Crippen MR) is 76.0 cm³/mol. The van der Waals surface area contributed by atoms with E-state index in [2.05, 4.69) is 5.10 Å². The molecule has 2 N–H and O–H groups in total. The van der Waals surface area contributed by atoms with Gasteiger partial charge in [-0.2, -0.15) is 5.10 Å². The third-order valence-corrected chi connectivity index (χ3v) is 3.22. The van der Waals surface area contributed by atoms with Crippen LogP contribution in [-0.2, 0) is 0 Å². The van der Waals surface area contributed by atoms with Gasteiger partial charge in [0.05, 0.1) is 17.4 Å². The molecule has 20 heavy (non-hydrogen) atoms. The summed E-state index contributed by atoms with van der Waals surface area (Å²) in [5.74, 6) is -0.266. The summed E-state index contributed by atoms with van der Waals surface area (Å²) in [5.41, 5.74) is 8.93. The van der Waals surface area contributed by atoms with Gasteiger partial charge >= 0.3 is 0 Å². The largest absolute Gasteiger partial charge is 0.319 e. The number of nitrogens with two attached hydrogens (primary N) is 1. The number of aromatic nitrogens is 2. The van der Waals surface area contributed by atoms with Crippen LogP contribution in [0.3, 0.4) is 0 Å². The summed E-state index contributed by atoms with van der Waals surface area (Å²) in [4.78, 5) is 0. The van der Waals surface area contributed by atoms with Crippen LogP contribution in [-0.4, -0.2) is 9.78 Å². The molecular formula is C16H14FN3. The number of hydrogen-bond acceptors (Lipinski definition) is 2. The Hall–Kier alpha value is -2.46. The minimum absolute atomic E-state index is 0.266. The monoisotopic (exact) mass is 267 g/mol. The molecule has 3 rings (SSSR count). The molecule has 0 saturated carbocycles. The van der Waals surface area contributed by atoms with Gasteiger partial charge in [-0.25, -0.2) is 9.07 Å². The molecule has 1 atom stereocenters. The Balaban J connectivity index is 1.99. The van der Waals surface area contributed by atoms with Gasteiger partial charge in [0.15, 0.2) is 0 Å². The molecule has 0 aliphatic rings. The number of rotatable bonds is 3. The van der Waals surface area contributed by atoms with Crippen molar-refractivity contribution in [2.45, 2.75) is 6.04 Å². The Bertz CT molecular complexity index is 689. The molecule has 0 bridgehead atoms. The number of benzene rings is 2. The molecule has 2 aromatic carbocycles. The van der Waals surface area contributed by atoms with Crippen LogP contribution in [0.25, 0.3) is 5.69 Å². The van der Waals surface area contributed by atoms with Crippen molar-refractivity contribution >= 4 is 0 Å². The van der Waals surface area contributed by atoms with E-state index in [1.165, 1.54) is 12.1 Å². The van der Waals surface area contributed by atoms with Crippen LogP contribution in [0, 0.1) is 5.82 Å². The Morgan fingerprint density at radius 1 is 0.950 bits per heavy atom. The fourth-order valence-corrected chi connectivity index (χ4v) is 2.17. The van der Waals surface area contributed by atoms with Crippen LogP contribution < -0.4 is 5.73 Å². The van der Waals surface area contributed by atoms with Crippen LogP contribution in [0.5, 0.6) is 0 Å². The molecule has 1 aromatic heterocycles. The second-order valence-corrected chi connectivity index (χ2v) is 4.53. The lowest BCUT2D eigenvalue weighted by Gasteiger charge is -2.14. The minimum atomic E-state index is -0.349. The highest BCUT2D eigenvalue weighted by Crippen LogP contribution is 2.22. The van der Waals surface area contributed by atoms with E-state index < -0.39 is 0 Å². The van der Waals surface area contributed by atoms with E-state index in [-0.39, 0.29) is 11.9 Å². The van der Waals surface area contributed by atoms with E-state index in [4.69, 9.17) is 5.73 Å². The molecule has 0 aliphatic heterocycles. The van der Waals surface area contributed by atoms with Crippen LogP contribution in [0.15, 0.2) is 66.9 Å². The lowest BCUT2D eigenvalue weighted by Crippen LogP contribution is -2.16. The van der Waals surface area contributed by atoms with E-state index in [0.717, 1.165) is 16.9 Å². The highest BCUT2D eigenvalue weighted by molar-refractivity contribution is 5.36. The average molecular weight is 267 g/mol. The number of nitrogens with zero attached hydrogens (tertiary/aromatic N) is 2. The van der Waals surface area contributed by atoms with Gasteiger partial charge < -0.3 is 5.73 Å². The van der Waals surface area contributed by atoms with E-state index in [0.29, 0.717) is 0 Å². The van der Waals surface area contributed by atoms with Crippen molar-refractivity contribution in [2.24, 2.45) is 5.73 Å². The molecule has 0 aliphatic carbocycles. The van der Waals surface area contributed by atoms with E-state index in [1.54, 1.807) is 23.0 Å². The molecule has 100 valence electrons. The average Bonchev–Trinajstić information content (AvgIpc) is 2.97. The Morgan fingerprint density at radius 3 is 2.35 bits per heavy atom. The third-order valence-electron chi connectivity index (χ3n) is 3.22. The van der Waals surface area contributed by atoms with Gasteiger partial charge in [-0.3, -0.25) is 0 Å². The van der Waals surface area contributed by atoms with Gasteiger partial charge in [0, 0.05) is 6.20 Å². The van der Waals surface area contributed by atoms with Crippen LogP contribution in [0.4, 0.5) is 4.39 Å². The first-order valence-electron chi connectivity index (χ1n) is 6.36. The Kier molecular flexibility index (Phi) is 3.31. The predicted octanol–water partition coefficient (Wildman–Crippen LogP) is 3.06. The van der Waals surface area contributed by atoms with E-state index in [1.807, 2.05) is 36.4 Å². The molecule has 0 fully saturated rings. The standard InChI is InChI=1S/C16H14FN3/c17-13-8-6-12(7-9-13)16(18)15-10-11-19-20(15)14-4-2-1-3-5-14/h1-11,16H,18H2. The molecule has 0 amide bonds. The maximum absolute atomic E-state index is 13.0. The zero-order valence-electron chi connectivity index (χ0n) is 10.8. The van der Waals surface area contributed by atoms with Crippen LogP contribution in [0.1, 0.15) is 17.3 Å². The molecule has 1 unspecified atom stereocenters. The maximum Gasteiger partial charge on any atom is 0.123 e. The summed E-state index contributed by atoms with van der Waals surface area (Å²) < 4.78 is 14.8. The topological polar surface area (TPSA) is 43.8 Å².